The minimum atomic E-state index is 0.770. The van der Waals surface area contributed by atoms with Crippen LogP contribution in [0.2, 0.25) is 0 Å². The van der Waals surface area contributed by atoms with Gasteiger partial charge in [-0.05, 0) is 37.1 Å². The Hall–Kier alpha value is -2.30. The molecule has 0 atom stereocenters. The molecule has 0 amide bonds. The summed E-state index contributed by atoms with van der Waals surface area (Å²) in [5, 5.41) is 6.54. The lowest BCUT2D eigenvalue weighted by atomic mass is 10.2. The maximum atomic E-state index is 5.20. The molecule has 0 radical (unpaired) electrons. The fourth-order valence-corrected chi connectivity index (χ4v) is 1.82. The molecule has 0 spiro atoms. The second kappa shape index (κ2) is 6.75. The third-order valence-corrected chi connectivity index (χ3v) is 2.92. The number of hydrogen-bond acceptors (Lipinski definition) is 5. The number of nitrogens with zero attached hydrogens (tertiary/aromatic N) is 2. The molecule has 2 N–H and O–H groups in total. The summed E-state index contributed by atoms with van der Waals surface area (Å²) in [6.07, 6.45) is 2.61. The van der Waals surface area contributed by atoms with Crippen molar-refractivity contribution in [2.24, 2.45) is 0 Å². The molecule has 5 nitrogen and oxygen atoms in total. The van der Waals surface area contributed by atoms with Crippen molar-refractivity contribution < 1.29 is 4.74 Å². The number of rotatable bonds is 6. The topological polar surface area (TPSA) is 59.1 Å². The first-order valence-electron chi connectivity index (χ1n) is 6.70. The zero-order valence-electron chi connectivity index (χ0n) is 12.1. The Morgan fingerprint density at radius 2 is 1.95 bits per heavy atom. The van der Waals surface area contributed by atoms with Crippen molar-refractivity contribution in [3.63, 3.8) is 0 Å². The maximum absolute atomic E-state index is 5.20. The molecule has 0 aliphatic rings. The molecule has 1 aromatic carbocycles. The molecule has 20 heavy (non-hydrogen) atoms. The molecule has 106 valence electrons. The van der Waals surface area contributed by atoms with Gasteiger partial charge in [-0.25, -0.2) is 9.97 Å². The molecule has 0 aliphatic carbocycles. The summed E-state index contributed by atoms with van der Waals surface area (Å²) in [4.78, 5) is 8.42. The predicted octanol–water partition coefficient (Wildman–Crippen LogP) is 3.36. The highest BCUT2D eigenvalue weighted by Crippen LogP contribution is 2.24. The molecular formula is C15H20N4O. The monoisotopic (exact) mass is 272 g/mol. The lowest BCUT2D eigenvalue weighted by molar-refractivity contribution is 0.414. The summed E-state index contributed by atoms with van der Waals surface area (Å²) < 4.78 is 5.20. The second-order valence-corrected chi connectivity index (χ2v) is 4.52. The Kier molecular flexibility index (Phi) is 4.76. The molecule has 2 aromatic rings. The Morgan fingerprint density at radius 3 is 2.65 bits per heavy atom. The molecule has 0 unspecified atom stereocenters. The van der Waals surface area contributed by atoms with Crippen molar-refractivity contribution in [3.05, 3.63) is 36.2 Å². The van der Waals surface area contributed by atoms with Gasteiger partial charge < -0.3 is 15.4 Å². The van der Waals surface area contributed by atoms with Crippen LogP contribution in [0.3, 0.4) is 0 Å². The average Bonchev–Trinajstić information content (AvgIpc) is 2.47. The van der Waals surface area contributed by atoms with Crippen LogP contribution in [0.1, 0.15) is 18.9 Å². The molecule has 0 aliphatic heterocycles. The van der Waals surface area contributed by atoms with Gasteiger partial charge in [-0.3, -0.25) is 0 Å². The van der Waals surface area contributed by atoms with Crippen LogP contribution in [0.5, 0.6) is 5.75 Å². The van der Waals surface area contributed by atoms with Crippen LogP contribution >= 0.6 is 0 Å². The summed E-state index contributed by atoms with van der Waals surface area (Å²) in [5.74, 6) is 2.45. The van der Waals surface area contributed by atoms with Gasteiger partial charge in [-0.1, -0.05) is 6.92 Å². The van der Waals surface area contributed by atoms with E-state index in [0.717, 1.165) is 41.6 Å². The van der Waals surface area contributed by atoms with Gasteiger partial charge in [-0.15, -0.1) is 0 Å². The normalized spacial score (nSPS) is 10.2. The van der Waals surface area contributed by atoms with Gasteiger partial charge in [0.1, 0.15) is 23.7 Å². The Balaban J connectivity index is 2.13. The minimum Gasteiger partial charge on any atom is -0.497 e. The molecule has 0 bridgehead atoms. The lowest BCUT2D eigenvalue weighted by Crippen LogP contribution is -2.03. The number of anilines is 3. The molecule has 1 aromatic heterocycles. The van der Waals surface area contributed by atoms with E-state index in [1.165, 1.54) is 0 Å². The van der Waals surface area contributed by atoms with Crippen molar-refractivity contribution in [1.82, 2.24) is 9.97 Å². The van der Waals surface area contributed by atoms with Crippen LogP contribution < -0.4 is 15.4 Å². The number of aryl methyl sites for hydroxylation is 1. The van der Waals surface area contributed by atoms with E-state index in [4.69, 9.17) is 4.74 Å². The average molecular weight is 272 g/mol. The first kappa shape index (κ1) is 14.1. The quantitative estimate of drug-likeness (QED) is 0.844. The highest BCUT2D eigenvalue weighted by atomic mass is 16.5. The van der Waals surface area contributed by atoms with Gasteiger partial charge in [0.2, 0.25) is 0 Å². The Bertz CT molecular complexity index is 572. The van der Waals surface area contributed by atoms with Crippen LogP contribution in [-0.4, -0.2) is 23.6 Å². The molecular weight excluding hydrogens is 252 g/mol. The van der Waals surface area contributed by atoms with Crippen LogP contribution in [0.25, 0.3) is 0 Å². The number of benzene rings is 1. The van der Waals surface area contributed by atoms with Crippen molar-refractivity contribution in [2.75, 3.05) is 24.3 Å². The van der Waals surface area contributed by atoms with Crippen LogP contribution in [0.4, 0.5) is 17.3 Å². The summed E-state index contributed by atoms with van der Waals surface area (Å²) in [6, 6.07) is 7.79. The Morgan fingerprint density at radius 1 is 1.15 bits per heavy atom. The van der Waals surface area contributed by atoms with E-state index in [-0.39, 0.29) is 0 Å². The summed E-state index contributed by atoms with van der Waals surface area (Å²) >= 11 is 0. The fraction of sp³-hybridized carbons (Fsp3) is 0.333. The smallest absolute Gasteiger partial charge is 0.135 e. The minimum absolute atomic E-state index is 0.770. The fourth-order valence-electron chi connectivity index (χ4n) is 1.82. The highest BCUT2D eigenvalue weighted by Gasteiger charge is 2.03. The van der Waals surface area contributed by atoms with Crippen LogP contribution in [-0.2, 0) is 0 Å². The number of hydrogen-bond donors (Lipinski definition) is 2. The summed E-state index contributed by atoms with van der Waals surface area (Å²) in [7, 11) is 1.66. The van der Waals surface area contributed by atoms with Gasteiger partial charge in [0, 0.05) is 18.3 Å². The molecule has 0 fully saturated rings. The van der Waals surface area contributed by atoms with Crippen LogP contribution in [0.15, 0.2) is 30.6 Å². The zero-order valence-corrected chi connectivity index (χ0v) is 12.1. The molecule has 5 heteroatoms. The third kappa shape index (κ3) is 3.60. The number of nitrogens with one attached hydrogen (secondary N) is 2. The van der Waals surface area contributed by atoms with E-state index in [0.29, 0.717) is 0 Å². The number of ether oxygens (including phenoxy) is 1. The first-order valence-corrected chi connectivity index (χ1v) is 6.70. The molecule has 0 saturated carbocycles. The Labute approximate surface area is 119 Å². The van der Waals surface area contributed by atoms with E-state index in [1.54, 1.807) is 13.4 Å². The molecule has 1 heterocycles. The number of methoxy groups -OCH3 is 1. The van der Waals surface area contributed by atoms with E-state index in [2.05, 4.69) is 27.5 Å². The SMILES string of the molecule is CCCNc1cc(Nc2ccc(OC)cc2C)ncn1. The van der Waals surface area contributed by atoms with Gasteiger partial charge in [0.15, 0.2) is 0 Å². The zero-order chi connectivity index (χ0) is 14.4. The predicted molar refractivity (Wildman–Crippen MR) is 81.8 cm³/mol. The first-order chi connectivity index (χ1) is 9.72. The van der Waals surface area contributed by atoms with Crippen molar-refractivity contribution >= 4 is 17.3 Å². The largest absolute Gasteiger partial charge is 0.497 e. The standard InChI is InChI=1S/C15H20N4O/c1-4-7-16-14-9-15(18-10-17-14)19-13-6-5-12(20-3)8-11(13)2/h5-6,8-10H,4,7H2,1-3H3,(H2,16,17,18,19). The van der Waals surface area contributed by atoms with E-state index in [1.807, 2.05) is 31.2 Å². The van der Waals surface area contributed by atoms with Crippen molar-refractivity contribution in [3.8, 4) is 5.75 Å². The van der Waals surface area contributed by atoms with Gasteiger partial charge in [-0.2, -0.15) is 0 Å². The van der Waals surface area contributed by atoms with Gasteiger partial charge in [0.25, 0.3) is 0 Å². The third-order valence-electron chi connectivity index (χ3n) is 2.92. The van der Waals surface area contributed by atoms with Gasteiger partial charge >= 0.3 is 0 Å². The van der Waals surface area contributed by atoms with Crippen LogP contribution in [0, 0.1) is 6.92 Å². The van der Waals surface area contributed by atoms with Crippen molar-refractivity contribution in [2.45, 2.75) is 20.3 Å². The van der Waals surface area contributed by atoms with E-state index < -0.39 is 0 Å². The number of aromatic nitrogens is 2. The summed E-state index contributed by atoms with van der Waals surface area (Å²) in [5.41, 5.74) is 2.11. The highest BCUT2D eigenvalue weighted by molar-refractivity contribution is 5.63. The summed E-state index contributed by atoms with van der Waals surface area (Å²) in [6.45, 7) is 5.05. The van der Waals surface area contributed by atoms with E-state index >= 15 is 0 Å². The lowest BCUT2D eigenvalue weighted by Gasteiger charge is -2.11. The van der Waals surface area contributed by atoms with Gasteiger partial charge in [0.05, 0.1) is 7.11 Å². The molecule has 2 rings (SSSR count). The maximum Gasteiger partial charge on any atom is 0.135 e. The van der Waals surface area contributed by atoms with E-state index in [9.17, 15) is 0 Å². The molecule has 0 saturated heterocycles. The van der Waals surface area contributed by atoms with Crippen molar-refractivity contribution in [1.29, 1.82) is 0 Å². The second-order valence-electron chi connectivity index (χ2n) is 4.52.